The van der Waals surface area contributed by atoms with Crippen LogP contribution in [0.15, 0.2) is 23.1 Å². The minimum Gasteiger partial charge on any atom is -0.474 e. The number of nitro groups is 1. The Morgan fingerprint density at radius 3 is 2.54 bits per heavy atom. The molecule has 0 radical (unpaired) electrons. The summed E-state index contributed by atoms with van der Waals surface area (Å²) in [5, 5.41) is 15.8. The van der Waals surface area contributed by atoms with E-state index in [1.165, 1.54) is 17.3 Å². The van der Waals surface area contributed by atoms with E-state index in [4.69, 9.17) is 4.74 Å². The van der Waals surface area contributed by atoms with E-state index in [2.05, 4.69) is 5.32 Å². The van der Waals surface area contributed by atoms with Gasteiger partial charge in [-0.3, -0.25) is 20.2 Å². The lowest BCUT2D eigenvalue weighted by atomic mass is 10.3. The Labute approximate surface area is 162 Å². The van der Waals surface area contributed by atoms with Gasteiger partial charge >= 0.3 is 11.7 Å². The van der Waals surface area contributed by atoms with E-state index in [-0.39, 0.29) is 10.6 Å². The lowest BCUT2D eigenvalue weighted by Gasteiger charge is -2.17. The molecule has 2 rings (SSSR count). The van der Waals surface area contributed by atoms with E-state index >= 15 is 0 Å². The number of nitrogens with zero attached hydrogens (tertiary/aromatic N) is 2. The maximum atomic E-state index is 12.6. The number of urea groups is 1. The number of nitro benzene ring substituents is 1. The van der Waals surface area contributed by atoms with Crippen molar-refractivity contribution in [2.45, 2.75) is 37.7 Å². The summed E-state index contributed by atoms with van der Waals surface area (Å²) >= 11 is 0. The van der Waals surface area contributed by atoms with Crippen LogP contribution in [0.2, 0.25) is 0 Å². The summed E-state index contributed by atoms with van der Waals surface area (Å²) < 4.78 is 31.7. The van der Waals surface area contributed by atoms with E-state index in [0.717, 1.165) is 25.0 Å². The monoisotopic (exact) mass is 414 g/mol. The number of hydrogen-bond acceptors (Lipinski definition) is 7. The normalized spacial score (nSPS) is 15.6. The highest BCUT2D eigenvalue weighted by Crippen LogP contribution is 2.32. The zero-order valence-electron chi connectivity index (χ0n) is 15.5. The van der Waals surface area contributed by atoms with Crippen LogP contribution >= 0.6 is 0 Å². The quantitative estimate of drug-likeness (QED) is 0.499. The summed E-state index contributed by atoms with van der Waals surface area (Å²) in [7, 11) is -3.84. The average molecular weight is 414 g/mol. The molecule has 28 heavy (non-hydrogen) atoms. The first-order chi connectivity index (χ1) is 13.2. The van der Waals surface area contributed by atoms with Crippen molar-refractivity contribution in [2.75, 3.05) is 19.6 Å². The van der Waals surface area contributed by atoms with Crippen molar-refractivity contribution in [1.29, 1.82) is 0 Å². The van der Waals surface area contributed by atoms with Crippen LogP contribution in [0.5, 0.6) is 5.75 Å². The molecular weight excluding hydrogens is 392 g/mol. The van der Waals surface area contributed by atoms with Crippen molar-refractivity contribution in [3.05, 3.63) is 28.3 Å². The molecule has 1 aliphatic rings. The van der Waals surface area contributed by atoms with E-state index < -0.39 is 38.7 Å². The Morgan fingerprint density at radius 2 is 1.96 bits per heavy atom. The standard InChI is InChI=1S/C16H22N4O7S/c1-3-17-16(22)18-15(21)11(2)27-14-7-6-12(10-13(14)20(23)24)28(25,26)19-8-4-5-9-19/h6-7,10-11H,3-5,8-9H2,1-2H3,(H2,17,18,21,22). The summed E-state index contributed by atoms with van der Waals surface area (Å²) in [5.41, 5.74) is -0.585. The van der Waals surface area contributed by atoms with Crippen molar-refractivity contribution in [3.63, 3.8) is 0 Å². The first kappa shape index (κ1) is 21.6. The Bertz CT molecular complexity index is 866. The molecule has 3 amide bonds. The van der Waals surface area contributed by atoms with Gasteiger partial charge in [0.25, 0.3) is 5.91 Å². The van der Waals surface area contributed by atoms with Gasteiger partial charge in [-0.1, -0.05) is 0 Å². The molecule has 154 valence electrons. The van der Waals surface area contributed by atoms with Crippen molar-refractivity contribution in [1.82, 2.24) is 14.9 Å². The van der Waals surface area contributed by atoms with Gasteiger partial charge < -0.3 is 10.1 Å². The molecule has 12 heteroatoms. The van der Waals surface area contributed by atoms with Gasteiger partial charge in [-0.05, 0) is 38.8 Å². The summed E-state index contributed by atoms with van der Waals surface area (Å²) in [6.45, 7) is 4.03. The fourth-order valence-electron chi connectivity index (χ4n) is 2.64. The van der Waals surface area contributed by atoms with Crippen LogP contribution in [0, 0.1) is 10.1 Å². The average Bonchev–Trinajstić information content (AvgIpc) is 3.17. The molecule has 11 nitrogen and oxygen atoms in total. The number of imide groups is 1. The van der Waals surface area contributed by atoms with Crippen molar-refractivity contribution < 1.29 is 27.7 Å². The van der Waals surface area contributed by atoms with Gasteiger partial charge in [-0.15, -0.1) is 0 Å². The van der Waals surface area contributed by atoms with Gasteiger partial charge in [0.2, 0.25) is 10.0 Å². The zero-order chi connectivity index (χ0) is 20.9. The van der Waals surface area contributed by atoms with Crippen LogP contribution in [-0.2, 0) is 14.8 Å². The molecule has 0 saturated carbocycles. The molecule has 0 aromatic heterocycles. The second kappa shape index (κ2) is 8.97. The number of benzene rings is 1. The molecule has 1 aliphatic heterocycles. The Morgan fingerprint density at radius 1 is 1.32 bits per heavy atom. The van der Waals surface area contributed by atoms with Gasteiger partial charge in [0.15, 0.2) is 11.9 Å². The second-order valence-electron chi connectivity index (χ2n) is 6.11. The molecule has 0 bridgehead atoms. The lowest BCUT2D eigenvalue weighted by molar-refractivity contribution is -0.386. The van der Waals surface area contributed by atoms with Gasteiger partial charge in [-0.25, -0.2) is 13.2 Å². The third-order valence-electron chi connectivity index (χ3n) is 4.08. The van der Waals surface area contributed by atoms with Gasteiger partial charge in [-0.2, -0.15) is 4.31 Å². The number of nitrogens with one attached hydrogen (secondary N) is 2. The fourth-order valence-corrected chi connectivity index (χ4v) is 4.18. The maximum absolute atomic E-state index is 12.6. The lowest BCUT2D eigenvalue weighted by Crippen LogP contribution is -2.45. The minimum absolute atomic E-state index is 0.215. The molecule has 1 aromatic rings. The number of hydrogen-bond donors (Lipinski definition) is 2. The predicted octanol–water partition coefficient (Wildman–Crippen LogP) is 0.992. The van der Waals surface area contributed by atoms with Crippen LogP contribution in [0.1, 0.15) is 26.7 Å². The smallest absolute Gasteiger partial charge is 0.321 e. The molecule has 1 aromatic carbocycles. The molecule has 0 aliphatic carbocycles. The summed E-state index contributed by atoms with van der Waals surface area (Å²) in [6.07, 6.45) is 0.254. The van der Waals surface area contributed by atoms with Crippen LogP contribution in [-0.4, -0.2) is 55.3 Å². The van der Waals surface area contributed by atoms with E-state index in [0.29, 0.717) is 19.6 Å². The first-order valence-corrected chi connectivity index (χ1v) is 10.1. The Hall–Kier alpha value is -2.73. The number of amides is 3. The fraction of sp³-hybridized carbons (Fsp3) is 0.500. The number of carbonyl (C=O) groups excluding carboxylic acids is 2. The van der Waals surface area contributed by atoms with E-state index in [1.54, 1.807) is 6.92 Å². The molecule has 1 unspecified atom stereocenters. The van der Waals surface area contributed by atoms with Crippen LogP contribution in [0.25, 0.3) is 0 Å². The first-order valence-electron chi connectivity index (χ1n) is 8.70. The highest BCUT2D eigenvalue weighted by atomic mass is 32.2. The topological polar surface area (TPSA) is 148 Å². The Kier molecular flexibility index (Phi) is 6.91. The number of sulfonamides is 1. The van der Waals surface area contributed by atoms with Crippen molar-refractivity contribution in [2.24, 2.45) is 0 Å². The molecule has 1 saturated heterocycles. The van der Waals surface area contributed by atoms with Crippen LogP contribution in [0.3, 0.4) is 0 Å². The molecule has 1 atom stereocenters. The van der Waals surface area contributed by atoms with Gasteiger partial charge in [0.05, 0.1) is 9.82 Å². The van der Waals surface area contributed by atoms with E-state index in [9.17, 15) is 28.1 Å². The SMILES string of the molecule is CCNC(=O)NC(=O)C(C)Oc1ccc(S(=O)(=O)N2CCCC2)cc1[N+](=O)[O-]. The third kappa shape index (κ3) is 4.95. The predicted molar refractivity (Wildman–Crippen MR) is 98.4 cm³/mol. The maximum Gasteiger partial charge on any atom is 0.321 e. The zero-order valence-corrected chi connectivity index (χ0v) is 16.3. The summed E-state index contributed by atoms with van der Waals surface area (Å²) in [6, 6.07) is 2.53. The highest BCUT2D eigenvalue weighted by molar-refractivity contribution is 7.89. The van der Waals surface area contributed by atoms with Crippen LogP contribution in [0.4, 0.5) is 10.5 Å². The molecule has 0 spiro atoms. The summed E-state index contributed by atoms with van der Waals surface area (Å²) in [5.74, 6) is -1.07. The number of carbonyl (C=O) groups is 2. The molecule has 2 N–H and O–H groups in total. The second-order valence-corrected chi connectivity index (χ2v) is 8.04. The third-order valence-corrected chi connectivity index (χ3v) is 5.97. The van der Waals surface area contributed by atoms with Gasteiger partial charge in [0, 0.05) is 25.7 Å². The van der Waals surface area contributed by atoms with Crippen molar-refractivity contribution in [3.8, 4) is 5.75 Å². The Balaban J connectivity index is 2.22. The van der Waals surface area contributed by atoms with Crippen molar-refractivity contribution >= 4 is 27.6 Å². The highest BCUT2D eigenvalue weighted by Gasteiger charge is 2.30. The van der Waals surface area contributed by atoms with E-state index in [1.807, 2.05) is 5.32 Å². The number of rotatable bonds is 7. The minimum atomic E-state index is -3.84. The summed E-state index contributed by atoms with van der Waals surface area (Å²) in [4.78, 5) is 33.7. The van der Waals surface area contributed by atoms with Gasteiger partial charge in [0.1, 0.15) is 0 Å². The van der Waals surface area contributed by atoms with Crippen LogP contribution < -0.4 is 15.4 Å². The molecular formula is C16H22N4O7S. The molecule has 1 heterocycles. The largest absolute Gasteiger partial charge is 0.474 e. The number of ether oxygens (including phenoxy) is 1. The molecule has 1 fully saturated rings.